The number of nitrogens with one attached hydrogen (secondary N) is 1. The number of rotatable bonds is 4. The molecule has 0 aromatic carbocycles. The molecule has 0 saturated carbocycles. The van der Waals surface area contributed by atoms with Gasteiger partial charge < -0.3 is 15.3 Å². The second-order valence-corrected chi connectivity index (χ2v) is 6.20. The summed E-state index contributed by atoms with van der Waals surface area (Å²) >= 11 is 0. The van der Waals surface area contributed by atoms with Gasteiger partial charge in [0.25, 0.3) is 0 Å². The van der Waals surface area contributed by atoms with E-state index in [0.717, 1.165) is 6.42 Å². The van der Waals surface area contributed by atoms with Gasteiger partial charge in [-0.2, -0.15) is 0 Å². The molecule has 2 N–H and O–H groups in total. The molecule has 1 aliphatic rings. The van der Waals surface area contributed by atoms with Crippen LogP contribution in [0.25, 0.3) is 0 Å². The van der Waals surface area contributed by atoms with Gasteiger partial charge in [0.2, 0.25) is 11.8 Å². The molecular formula is C14H26N2O3. The Morgan fingerprint density at radius 1 is 1.42 bits per heavy atom. The van der Waals surface area contributed by atoms with Crippen molar-refractivity contribution in [2.24, 2.45) is 5.41 Å². The lowest BCUT2D eigenvalue weighted by Crippen LogP contribution is -2.51. The van der Waals surface area contributed by atoms with E-state index in [9.17, 15) is 9.59 Å². The van der Waals surface area contributed by atoms with Crippen molar-refractivity contribution in [3.05, 3.63) is 0 Å². The minimum absolute atomic E-state index is 0.0159. The van der Waals surface area contributed by atoms with E-state index in [0.29, 0.717) is 19.4 Å². The second kappa shape index (κ2) is 6.37. The van der Waals surface area contributed by atoms with Crippen LogP contribution in [0, 0.1) is 5.41 Å². The van der Waals surface area contributed by atoms with Crippen LogP contribution in [-0.2, 0) is 9.59 Å². The van der Waals surface area contributed by atoms with Crippen molar-refractivity contribution < 1.29 is 14.7 Å². The Morgan fingerprint density at radius 2 is 2.05 bits per heavy atom. The van der Waals surface area contributed by atoms with E-state index in [1.807, 2.05) is 27.7 Å². The maximum atomic E-state index is 12.3. The number of aliphatic hydroxyl groups is 1. The zero-order valence-electron chi connectivity index (χ0n) is 12.4. The molecule has 5 heteroatoms. The molecule has 5 nitrogen and oxygen atoms in total. The van der Waals surface area contributed by atoms with Crippen molar-refractivity contribution in [3.8, 4) is 0 Å². The summed E-state index contributed by atoms with van der Waals surface area (Å²) in [6.07, 6.45) is 2.24. The summed E-state index contributed by atoms with van der Waals surface area (Å²) in [7, 11) is 0. The van der Waals surface area contributed by atoms with Crippen LogP contribution in [0.4, 0.5) is 0 Å². The summed E-state index contributed by atoms with van der Waals surface area (Å²) in [5, 5.41) is 11.9. The molecule has 1 rings (SSSR count). The van der Waals surface area contributed by atoms with E-state index in [1.54, 1.807) is 4.90 Å². The minimum Gasteiger partial charge on any atom is -0.394 e. The summed E-state index contributed by atoms with van der Waals surface area (Å²) in [5.74, 6) is -0.127. The van der Waals surface area contributed by atoms with Crippen LogP contribution in [0.1, 0.15) is 47.0 Å². The fourth-order valence-corrected chi connectivity index (χ4v) is 2.29. The van der Waals surface area contributed by atoms with E-state index in [1.165, 1.54) is 0 Å². The summed E-state index contributed by atoms with van der Waals surface area (Å²) in [6.45, 7) is 8.09. The first-order valence-corrected chi connectivity index (χ1v) is 7.03. The number of carbonyl (C=O) groups is 2. The molecule has 0 aromatic rings. The predicted octanol–water partition coefficient (Wildman–Crippen LogP) is 0.911. The number of hydrogen-bond donors (Lipinski definition) is 2. The Morgan fingerprint density at radius 3 is 2.53 bits per heavy atom. The third-order valence-electron chi connectivity index (χ3n) is 3.52. The van der Waals surface area contributed by atoms with Gasteiger partial charge in [-0.25, -0.2) is 0 Å². The molecular weight excluding hydrogens is 244 g/mol. The molecule has 0 spiro atoms. The maximum Gasteiger partial charge on any atom is 0.243 e. The summed E-state index contributed by atoms with van der Waals surface area (Å²) in [6, 6.07) is -0.605. The highest BCUT2D eigenvalue weighted by Gasteiger charge is 2.38. The highest BCUT2D eigenvalue weighted by molar-refractivity contribution is 5.90. The number of likely N-dealkylation sites (tertiary alicyclic amines) is 1. The topological polar surface area (TPSA) is 69.6 Å². The van der Waals surface area contributed by atoms with Crippen molar-refractivity contribution in [2.75, 3.05) is 13.2 Å². The quantitative estimate of drug-likeness (QED) is 0.798. The number of carbonyl (C=O) groups excluding carboxylic acids is 2. The molecule has 1 aliphatic heterocycles. The fraction of sp³-hybridized carbons (Fsp3) is 0.857. The van der Waals surface area contributed by atoms with Crippen LogP contribution in [0.2, 0.25) is 0 Å². The van der Waals surface area contributed by atoms with Crippen LogP contribution in [-0.4, -0.2) is 47.1 Å². The smallest absolute Gasteiger partial charge is 0.243 e. The van der Waals surface area contributed by atoms with Gasteiger partial charge in [-0.3, -0.25) is 9.59 Å². The van der Waals surface area contributed by atoms with Crippen LogP contribution in [0.5, 0.6) is 0 Å². The lowest BCUT2D eigenvalue weighted by Gasteiger charge is -2.31. The van der Waals surface area contributed by atoms with Gasteiger partial charge in [0, 0.05) is 12.0 Å². The van der Waals surface area contributed by atoms with Crippen molar-refractivity contribution in [3.63, 3.8) is 0 Å². The van der Waals surface area contributed by atoms with E-state index in [4.69, 9.17) is 5.11 Å². The summed E-state index contributed by atoms with van der Waals surface area (Å²) in [4.78, 5) is 26.2. The molecule has 0 aromatic heterocycles. The summed E-state index contributed by atoms with van der Waals surface area (Å²) in [5.41, 5.74) is -0.468. The second-order valence-electron chi connectivity index (χ2n) is 6.20. The van der Waals surface area contributed by atoms with Gasteiger partial charge in [0.15, 0.2) is 0 Å². The zero-order chi connectivity index (χ0) is 14.6. The first kappa shape index (κ1) is 16.0. The van der Waals surface area contributed by atoms with E-state index < -0.39 is 5.41 Å². The third kappa shape index (κ3) is 3.93. The normalized spacial score (nSPS) is 21.3. The highest BCUT2D eigenvalue weighted by Crippen LogP contribution is 2.25. The number of hydrogen-bond acceptors (Lipinski definition) is 3. The standard InChI is InChI=1S/C14H26N2O3/c1-5-10(9-17)15-12(18)11-7-6-8-16(11)13(19)14(2,3)4/h10-11,17H,5-9H2,1-4H3,(H,15,18)/t10-,11?/m0/s1. The minimum atomic E-state index is -0.468. The molecule has 19 heavy (non-hydrogen) atoms. The van der Waals surface area contributed by atoms with E-state index >= 15 is 0 Å². The molecule has 0 aliphatic carbocycles. The van der Waals surface area contributed by atoms with Gasteiger partial charge in [-0.1, -0.05) is 27.7 Å². The molecule has 1 saturated heterocycles. The fourth-order valence-electron chi connectivity index (χ4n) is 2.29. The molecule has 1 heterocycles. The molecule has 1 unspecified atom stereocenters. The Kier molecular flexibility index (Phi) is 5.35. The predicted molar refractivity (Wildman–Crippen MR) is 73.5 cm³/mol. The largest absolute Gasteiger partial charge is 0.394 e. The highest BCUT2D eigenvalue weighted by atomic mass is 16.3. The monoisotopic (exact) mass is 270 g/mol. The van der Waals surface area contributed by atoms with Crippen molar-refractivity contribution in [1.29, 1.82) is 0 Å². The van der Waals surface area contributed by atoms with Gasteiger partial charge in [0.05, 0.1) is 12.6 Å². The van der Waals surface area contributed by atoms with Crippen molar-refractivity contribution >= 4 is 11.8 Å². The van der Waals surface area contributed by atoms with Crippen LogP contribution >= 0.6 is 0 Å². The molecule has 0 bridgehead atoms. The van der Waals surface area contributed by atoms with E-state index in [2.05, 4.69) is 5.32 Å². The lowest BCUT2D eigenvalue weighted by molar-refractivity contribution is -0.144. The lowest BCUT2D eigenvalue weighted by atomic mass is 9.94. The third-order valence-corrected chi connectivity index (χ3v) is 3.52. The Balaban J connectivity index is 2.71. The van der Waals surface area contributed by atoms with Crippen LogP contribution in [0.3, 0.4) is 0 Å². The van der Waals surface area contributed by atoms with Gasteiger partial charge >= 0.3 is 0 Å². The Hall–Kier alpha value is -1.10. The first-order valence-electron chi connectivity index (χ1n) is 7.03. The average molecular weight is 270 g/mol. The van der Waals surface area contributed by atoms with Gasteiger partial charge in [0.1, 0.15) is 6.04 Å². The molecule has 2 amide bonds. The summed E-state index contributed by atoms with van der Waals surface area (Å²) < 4.78 is 0. The van der Waals surface area contributed by atoms with Crippen LogP contribution < -0.4 is 5.32 Å². The number of nitrogens with zero attached hydrogens (tertiary/aromatic N) is 1. The molecule has 1 fully saturated rings. The van der Waals surface area contributed by atoms with Crippen molar-refractivity contribution in [2.45, 2.75) is 59.0 Å². The zero-order valence-corrected chi connectivity index (χ0v) is 12.4. The van der Waals surface area contributed by atoms with E-state index in [-0.39, 0.29) is 30.5 Å². The molecule has 0 radical (unpaired) electrons. The maximum absolute atomic E-state index is 12.3. The number of aliphatic hydroxyl groups excluding tert-OH is 1. The van der Waals surface area contributed by atoms with Gasteiger partial charge in [-0.15, -0.1) is 0 Å². The molecule has 110 valence electrons. The first-order chi connectivity index (χ1) is 8.81. The van der Waals surface area contributed by atoms with Gasteiger partial charge in [-0.05, 0) is 19.3 Å². The van der Waals surface area contributed by atoms with Crippen molar-refractivity contribution in [1.82, 2.24) is 10.2 Å². The number of amides is 2. The SMILES string of the molecule is CC[C@@H](CO)NC(=O)C1CCCN1C(=O)C(C)(C)C. The Bertz CT molecular complexity index is 332. The van der Waals surface area contributed by atoms with Crippen LogP contribution in [0.15, 0.2) is 0 Å². The molecule has 2 atom stereocenters. The Labute approximate surface area is 115 Å². The average Bonchev–Trinajstić information content (AvgIpc) is 2.82.